The largest absolute Gasteiger partial charge is 0.481 e. The second kappa shape index (κ2) is 8.94. The Morgan fingerprint density at radius 1 is 0.923 bits per heavy atom. The summed E-state index contributed by atoms with van der Waals surface area (Å²) in [5.41, 5.74) is 2.68. The predicted molar refractivity (Wildman–Crippen MR) is 99.9 cm³/mol. The second-order valence-electron chi connectivity index (χ2n) is 6.38. The summed E-state index contributed by atoms with van der Waals surface area (Å²) < 4.78 is 0. The molecule has 0 radical (unpaired) electrons. The molecule has 1 unspecified atom stereocenters. The number of ketones is 1. The van der Waals surface area contributed by atoms with Crippen molar-refractivity contribution in [1.29, 1.82) is 0 Å². The van der Waals surface area contributed by atoms with Gasteiger partial charge < -0.3 is 10.0 Å². The highest BCUT2D eigenvalue weighted by molar-refractivity contribution is 5.98. The van der Waals surface area contributed by atoms with Crippen molar-refractivity contribution in [2.45, 2.75) is 19.8 Å². The summed E-state index contributed by atoms with van der Waals surface area (Å²) in [6, 6.07) is 17.2. The lowest BCUT2D eigenvalue weighted by atomic mass is 10.0. The van der Waals surface area contributed by atoms with E-state index in [9.17, 15) is 14.4 Å². The van der Waals surface area contributed by atoms with Crippen LogP contribution < -0.4 is 0 Å². The Bertz CT molecular complexity index is 768. The van der Waals surface area contributed by atoms with Gasteiger partial charge in [-0.15, -0.1) is 0 Å². The van der Waals surface area contributed by atoms with Gasteiger partial charge in [-0.3, -0.25) is 14.4 Å². The van der Waals surface area contributed by atoms with Crippen LogP contribution in [0.1, 0.15) is 30.1 Å². The Kier molecular flexibility index (Phi) is 6.67. The summed E-state index contributed by atoms with van der Waals surface area (Å²) in [5, 5.41) is 8.89. The molecule has 0 saturated carbocycles. The van der Waals surface area contributed by atoms with E-state index in [4.69, 9.17) is 5.11 Å². The zero-order chi connectivity index (χ0) is 19.1. The number of hydrogen-bond acceptors (Lipinski definition) is 3. The van der Waals surface area contributed by atoms with E-state index in [0.717, 1.165) is 11.1 Å². The minimum atomic E-state index is -0.945. The number of hydrogen-bond donors (Lipinski definition) is 1. The third kappa shape index (κ3) is 5.28. The van der Waals surface area contributed by atoms with Gasteiger partial charge in [0.05, 0.1) is 5.92 Å². The molecule has 0 bridgehead atoms. The number of amides is 1. The van der Waals surface area contributed by atoms with Crippen LogP contribution in [0.5, 0.6) is 0 Å². The number of carboxylic acid groups (broad SMARTS) is 1. The molecular weight excluding hydrogens is 330 g/mol. The quantitative estimate of drug-likeness (QED) is 0.737. The fourth-order valence-corrected chi connectivity index (χ4v) is 2.63. The number of rotatable bonds is 8. The van der Waals surface area contributed by atoms with Gasteiger partial charge in [0.1, 0.15) is 0 Å². The van der Waals surface area contributed by atoms with Crippen molar-refractivity contribution in [3.8, 4) is 11.1 Å². The smallest absolute Gasteiger partial charge is 0.308 e. The van der Waals surface area contributed by atoms with E-state index in [1.165, 1.54) is 4.90 Å². The van der Waals surface area contributed by atoms with Gasteiger partial charge in [-0.1, -0.05) is 61.5 Å². The molecule has 0 aromatic heterocycles. The molecule has 2 rings (SSSR count). The molecule has 1 N–H and O–H groups in total. The summed E-state index contributed by atoms with van der Waals surface area (Å²) in [4.78, 5) is 36.6. The van der Waals surface area contributed by atoms with Crippen LogP contribution in [0.4, 0.5) is 0 Å². The van der Waals surface area contributed by atoms with E-state index in [2.05, 4.69) is 0 Å². The Morgan fingerprint density at radius 2 is 1.50 bits per heavy atom. The van der Waals surface area contributed by atoms with E-state index in [0.29, 0.717) is 5.56 Å². The number of nitrogens with zero attached hydrogens (tertiary/aromatic N) is 1. The number of carboxylic acids is 1. The Morgan fingerprint density at radius 3 is 2.08 bits per heavy atom. The minimum Gasteiger partial charge on any atom is -0.481 e. The van der Waals surface area contributed by atoms with Gasteiger partial charge >= 0.3 is 5.97 Å². The fraction of sp³-hybridized carbons (Fsp3) is 0.286. The first-order valence-corrected chi connectivity index (χ1v) is 8.54. The Balaban J connectivity index is 1.89. The van der Waals surface area contributed by atoms with Crippen molar-refractivity contribution < 1.29 is 19.5 Å². The van der Waals surface area contributed by atoms with Gasteiger partial charge in [-0.25, -0.2) is 0 Å². The fourth-order valence-electron chi connectivity index (χ4n) is 2.63. The van der Waals surface area contributed by atoms with Crippen molar-refractivity contribution in [2.75, 3.05) is 13.6 Å². The SMILES string of the molecule is CC(CN(C)C(=O)CCC(=O)c1ccc(-c2ccccc2)cc1)C(=O)O. The van der Waals surface area contributed by atoms with E-state index >= 15 is 0 Å². The van der Waals surface area contributed by atoms with Crippen LogP contribution in [0.3, 0.4) is 0 Å². The summed E-state index contributed by atoms with van der Waals surface area (Å²) in [5.74, 6) is -1.91. The number of carbonyl (C=O) groups excluding carboxylic acids is 2. The molecule has 0 aliphatic heterocycles. The molecule has 136 valence electrons. The molecule has 1 amide bonds. The van der Waals surface area contributed by atoms with E-state index in [1.54, 1.807) is 26.1 Å². The first-order chi connectivity index (χ1) is 12.4. The standard InChI is InChI=1S/C21H23NO4/c1-15(21(25)26)14-22(2)20(24)13-12-19(23)18-10-8-17(9-11-18)16-6-4-3-5-7-16/h3-11,15H,12-14H2,1-2H3,(H,25,26). The Hall–Kier alpha value is -2.95. The van der Waals surface area contributed by atoms with Crippen molar-refractivity contribution in [3.05, 3.63) is 60.2 Å². The van der Waals surface area contributed by atoms with Crippen molar-refractivity contribution in [1.82, 2.24) is 4.90 Å². The van der Waals surface area contributed by atoms with E-state index in [1.807, 2.05) is 42.5 Å². The average molecular weight is 353 g/mol. The maximum Gasteiger partial charge on any atom is 0.308 e. The van der Waals surface area contributed by atoms with Crippen LogP contribution in [0.15, 0.2) is 54.6 Å². The number of benzene rings is 2. The van der Waals surface area contributed by atoms with Crippen LogP contribution in [-0.4, -0.2) is 41.3 Å². The zero-order valence-electron chi connectivity index (χ0n) is 15.0. The summed E-state index contributed by atoms with van der Waals surface area (Å²) >= 11 is 0. The number of Topliss-reactive ketones (excluding diaryl/α,β-unsaturated/α-hetero) is 1. The number of aliphatic carboxylic acids is 1. The second-order valence-corrected chi connectivity index (χ2v) is 6.38. The van der Waals surface area contributed by atoms with Gasteiger partial charge in [-0.05, 0) is 11.1 Å². The van der Waals surface area contributed by atoms with Crippen molar-refractivity contribution in [3.63, 3.8) is 0 Å². The summed E-state index contributed by atoms with van der Waals surface area (Å²) in [6.45, 7) is 1.68. The number of carbonyl (C=O) groups is 3. The summed E-state index contributed by atoms with van der Waals surface area (Å²) in [6.07, 6.45) is 0.178. The zero-order valence-corrected chi connectivity index (χ0v) is 15.0. The molecule has 26 heavy (non-hydrogen) atoms. The molecule has 1 atom stereocenters. The third-order valence-corrected chi connectivity index (χ3v) is 4.27. The predicted octanol–water partition coefficient (Wildman–Crippen LogP) is 3.50. The molecule has 0 fully saturated rings. The molecule has 5 heteroatoms. The molecule has 0 saturated heterocycles. The third-order valence-electron chi connectivity index (χ3n) is 4.27. The van der Waals surface area contributed by atoms with Gasteiger partial charge in [0, 0.05) is 32.0 Å². The molecule has 0 spiro atoms. The first kappa shape index (κ1) is 19.4. The maximum absolute atomic E-state index is 12.3. The highest BCUT2D eigenvalue weighted by Gasteiger charge is 2.18. The van der Waals surface area contributed by atoms with Crippen LogP contribution in [0, 0.1) is 5.92 Å². The Labute approximate surface area is 153 Å². The van der Waals surface area contributed by atoms with Crippen LogP contribution in [0.2, 0.25) is 0 Å². The topological polar surface area (TPSA) is 74.7 Å². The average Bonchev–Trinajstić information content (AvgIpc) is 2.66. The minimum absolute atomic E-state index is 0.0715. The first-order valence-electron chi connectivity index (χ1n) is 8.54. The van der Waals surface area contributed by atoms with Crippen molar-refractivity contribution >= 4 is 17.7 Å². The van der Waals surface area contributed by atoms with Gasteiger partial charge in [-0.2, -0.15) is 0 Å². The summed E-state index contributed by atoms with van der Waals surface area (Å²) in [7, 11) is 1.56. The van der Waals surface area contributed by atoms with Crippen LogP contribution in [-0.2, 0) is 9.59 Å². The monoisotopic (exact) mass is 353 g/mol. The van der Waals surface area contributed by atoms with E-state index in [-0.39, 0.29) is 31.1 Å². The molecule has 2 aromatic carbocycles. The lowest BCUT2D eigenvalue weighted by molar-refractivity contribution is -0.142. The molecule has 5 nitrogen and oxygen atoms in total. The molecule has 0 aliphatic rings. The lowest BCUT2D eigenvalue weighted by Gasteiger charge is -2.19. The molecule has 2 aromatic rings. The molecular formula is C21H23NO4. The maximum atomic E-state index is 12.3. The van der Waals surface area contributed by atoms with Crippen LogP contribution in [0.25, 0.3) is 11.1 Å². The molecule has 0 heterocycles. The van der Waals surface area contributed by atoms with Crippen LogP contribution >= 0.6 is 0 Å². The van der Waals surface area contributed by atoms with Crippen molar-refractivity contribution in [2.24, 2.45) is 5.92 Å². The van der Waals surface area contributed by atoms with Gasteiger partial charge in [0.15, 0.2) is 5.78 Å². The normalized spacial score (nSPS) is 11.6. The molecule has 0 aliphatic carbocycles. The highest BCUT2D eigenvalue weighted by atomic mass is 16.4. The van der Waals surface area contributed by atoms with Gasteiger partial charge in [0.25, 0.3) is 0 Å². The van der Waals surface area contributed by atoms with E-state index < -0.39 is 11.9 Å². The lowest BCUT2D eigenvalue weighted by Crippen LogP contribution is -2.33. The highest BCUT2D eigenvalue weighted by Crippen LogP contribution is 2.20. The van der Waals surface area contributed by atoms with Gasteiger partial charge in [0.2, 0.25) is 5.91 Å².